The number of ether oxygens (including phenoxy) is 1. The van der Waals surface area contributed by atoms with Crippen molar-refractivity contribution in [3.63, 3.8) is 0 Å². The minimum Gasteiger partial charge on any atom is -0.456 e. The third-order valence-corrected chi connectivity index (χ3v) is 7.49. The van der Waals surface area contributed by atoms with Crippen LogP contribution in [0.5, 0.6) is 5.75 Å². The molecule has 4 aromatic carbocycles. The molecule has 5 rings (SSSR count). The van der Waals surface area contributed by atoms with Crippen molar-refractivity contribution in [3.8, 4) is 5.75 Å². The number of rotatable bonds is 6. The van der Waals surface area contributed by atoms with Gasteiger partial charge < -0.3 is 9.15 Å². The lowest BCUT2D eigenvalue weighted by molar-refractivity contribution is 0.0735. The molecule has 0 aliphatic carbocycles. The van der Waals surface area contributed by atoms with Gasteiger partial charge in [0.15, 0.2) is 0 Å². The molecule has 0 amide bonds. The van der Waals surface area contributed by atoms with Gasteiger partial charge in [-0.2, -0.15) is 0 Å². The fraction of sp³-hybridized carbons (Fsp3) is 0.0741. The lowest BCUT2D eigenvalue weighted by Gasteiger charge is -2.22. The molecule has 0 atom stereocenters. The van der Waals surface area contributed by atoms with Gasteiger partial charge in [0, 0.05) is 17.3 Å². The Balaban J connectivity index is 1.38. The maximum absolute atomic E-state index is 13.1. The first-order valence-corrected chi connectivity index (χ1v) is 12.2. The summed E-state index contributed by atoms with van der Waals surface area (Å²) >= 11 is 0. The highest BCUT2D eigenvalue weighted by Crippen LogP contribution is 2.31. The molecule has 7 heteroatoms. The zero-order chi connectivity index (χ0) is 23.7. The first kappa shape index (κ1) is 21.7. The van der Waals surface area contributed by atoms with Crippen LogP contribution in [-0.4, -0.2) is 20.9 Å². The first-order chi connectivity index (χ1) is 16.5. The van der Waals surface area contributed by atoms with Gasteiger partial charge in [0.2, 0.25) is 0 Å². The number of sulfonamides is 1. The van der Waals surface area contributed by atoms with E-state index in [4.69, 9.17) is 9.15 Å². The van der Waals surface area contributed by atoms with Crippen LogP contribution < -0.4 is 9.04 Å². The van der Waals surface area contributed by atoms with E-state index in [0.717, 1.165) is 16.4 Å². The SMILES string of the molecule is CCN(c1ccccc1)S(=O)(=O)c1ccc(C(=O)Oc2ccc3oc4ccccc4c3c2)cc1. The zero-order valence-corrected chi connectivity index (χ0v) is 19.2. The van der Waals surface area contributed by atoms with Crippen molar-refractivity contribution >= 4 is 43.6 Å². The number of carbonyl (C=O) groups excluding carboxylic acids is 1. The number of benzene rings is 4. The number of para-hydroxylation sites is 2. The summed E-state index contributed by atoms with van der Waals surface area (Å²) in [6.45, 7) is 2.05. The molecular weight excluding hydrogens is 450 g/mol. The Morgan fingerprint density at radius 3 is 2.24 bits per heavy atom. The van der Waals surface area contributed by atoms with Gasteiger partial charge in [-0.3, -0.25) is 4.31 Å². The summed E-state index contributed by atoms with van der Waals surface area (Å²) in [6.07, 6.45) is 0. The monoisotopic (exact) mass is 471 g/mol. The number of hydrogen-bond donors (Lipinski definition) is 0. The lowest BCUT2D eigenvalue weighted by atomic mass is 10.1. The fourth-order valence-electron chi connectivity index (χ4n) is 3.91. The summed E-state index contributed by atoms with van der Waals surface area (Å²) in [5, 5.41) is 1.78. The molecule has 0 spiro atoms. The summed E-state index contributed by atoms with van der Waals surface area (Å²) in [6, 6.07) is 27.5. The Morgan fingerprint density at radius 2 is 1.50 bits per heavy atom. The smallest absolute Gasteiger partial charge is 0.343 e. The molecular formula is C27H21NO5S. The van der Waals surface area contributed by atoms with Crippen LogP contribution in [0, 0.1) is 0 Å². The molecule has 0 N–H and O–H groups in total. The summed E-state index contributed by atoms with van der Waals surface area (Å²) in [7, 11) is -3.77. The second-order valence-corrected chi connectivity index (χ2v) is 9.54. The van der Waals surface area contributed by atoms with Crippen molar-refractivity contribution in [2.24, 2.45) is 0 Å². The molecule has 0 radical (unpaired) electrons. The van der Waals surface area contributed by atoms with E-state index in [-0.39, 0.29) is 17.0 Å². The van der Waals surface area contributed by atoms with Crippen LogP contribution in [0.3, 0.4) is 0 Å². The molecule has 0 saturated heterocycles. The minimum atomic E-state index is -3.77. The highest BCUT2D eigenvalue weighted by atomic mass is 32.2. The molecule has 170 valence electrons. The van der Waals surface area contributed by atoms with Crippen molar-refractivity contribution in [1.29, 1.82) is 0 Å². The van der Waals surface area contributed by atoms with Crippen LogP contribution in [0.4, 0.5) is 5.69 Å². The van der Waals surface area contributed by atoms with E-state index >= 15 is 0 Å². The number of hydrogen-bond acceptors (Lipinski definition) is 5. The molecule has 34 heavy (non-hydrogen) atoms. The summed E-state index contributed by atoms with van der Waals surface area (Å²) in [4.78, 5) is 12.8. The van der Waals surface area contributed by atoms with Crippen LogP contribution in [0.1, 0.15) is 17.3 Å². The van der Waals surface area contributed by atoms with E-state index in [0.29, 0.717) is 17.0 Å². The van der Waals surface area contributed by atoms with Gasteiger partial charge in [-0.1, -0.05) is 36.4 Å². The van der Waals surface area contributed by atoms with E-state index < -0.39 is 16.0 Å². The van der Waals surface area contributed by atoms with Crippen LogP contribution in [0.2, 0.25) is 0 Å². The molecule has 0 aliphatic rings. The fourth-order valence-corrected chi connectivity index (χ4v) is 5.38. The van der Waals surface area contributed by atoms with Crippen molar-refractivity contribution < 1.29 is 22.4 Å². The normalized spacial score (nSPS) is 11.6. The van der Waals surface area contributed by atoms with Gasteiger partial charge in [-0.15, -0.1) is 0 Å². The van der Waals surface area contributed by atoms with Gasteiger partial charge in [-0.25, -0.2) is 13.2 Å². The Bertz CT molecular complexity index is 1590. The van der Waals surface area contributed by atoms with Crippen LogP contribution in [0.25, 0.3) is 21.9 Å². The van der Waals surface area contributed by atoms with E-state index in [1.165, 1.54) is 28.6 Å². The molecule has 0 saturated carbocycles. The summed E-state index contributed by atoms with van der Waals surface area (Å²) in [5.41, 5.74) is 2.29. The molecule has 0 bridgehead atoms. The van der Waals surface area contributed by atoms with Gasteiger partial charge in [-0.05, 0) is 67.6 Å². The second kappa shape index (κ2) is 8.68. The molecule has 5 aromatic rings. The molecule has 0 aliphatic heterocycles. The number of furan rings is 1. The van der Waals surface area contributed by atoms with Crippen LogP contribution >= 0.6 is 0 Å². The predicted molar refractivity (Wildman–Crippen MR) is 132 cm³/mol. The minimum absolute atomic E-state index is 0.0982. The third kappa shape index (κ3) is 3.91. The average Bonchev–Trinajstić information content (AvgIpc) is 3.23. The largest absolute Gasteiger partial charge is 0.456 e. The lowest BCUT2D eigenvalue weighted by Crippen LogP contribution is -2.30. The van der Waals surface area contributed by atoms with Crippen LogP contribution in [0.15, 0.2) is 106 Å². The highest BCUT2D eigenvalue weighted by Gasteiger charge is 2.24. The van der Waals surface area contributed by atoms with Gasteiger partial charge in [0.05, 0.1) is 16.1 Å². The Morgan fingerprint density at radius 1 is 0.824 bits per heavy atom. The maximum atomic E-state index is 13.1. The Kier molecular flexibility index (Phi) is 5.55. The van der Waals surface area contributed by atoms with E-state index in [2.05, 4.69) is 0 Å². The summed E-state index contributed by atoms with van der Waals surface area (Å²) in [5.74, 6) is -0.200. The molecule has 0 fully saturated rings. The molecule has 6 nitrogen and oxygen atoms in total. The molecule has 0 unspecified atom stereocenters. The van der Waals surface area contributed by atoms with Crippen molar-refractivity contribution in [2.45, 2.75) is 11.8 Å². The Labute approximate surface area is 197 Å². The topological polar surface area (TPSA) is 76.8 Å². The number of esters is 1. The number of carbonyl (C=O) groups is 1. The maximum Gasteiger partial charge on any atom is 0.343 e. The Hall–Kier alpha value is -4.10. The summed E-state index contributed by atoms with van der Waals surface area (Å²) < 4.78 is 39.0. The standard InChI is InChI=1S/C27H21NO5S/c1-2-28(20-8-4-3-5-9-20)34(30,31)22-15-12-19(13-16-22)27(29)32-21-14-17-26-24(18-21)23-10-6-7-11-25(23)33-26/h3-18H,2H2,1H3. The van der Waals surface area contributed by atoms with E-state index in [9.17, 15) is 13.2 Å². The van der Waals surface area contributed by atoms with Crippen molar-refractivity contribution in [1.82, 2.24) is 0 Å². The van der Waals surface area contributed by atoms with Crippen molar-refractivity contribution in [3.05, 3.63) is 103 Å². The number of anilines is 1. The van der Waals surface area contributed by atoms with Crippen LogP contribution in [-0.2, 0) is 10.0 Å². The van der Waals surface area contributed by atoms with Gasteiger partial charge >= 0.3 is 5.97 Å². The van der Waals surface area contributed by atoms with Crippen molar-refractivity contribution in [2.75, 3.05) is 10.8 Å². The van der Waals surface area contributed by atoms with Gasteiger partial charge in [0.25, 0.3) is 10.0 Å². The van der Waals surface area contributed by atoms with E-state index in [1.807, 2.05) is 30.3 Å². The van der Waals surface area contributed by atoms with E-state index in [1.54, 1.807) is 49.4 Å². The van der Waals surface area contributed by atoms with Gasteiger partial charge in [0.1, 0.15) is 16.9 Å². The zero-order valence-electron chi connectivity index (χ0n) is 18.3. The predicted octanol–water partition coefficient (Wildman–Crippen LogP) is 6.02. The number of fused-ring (bicyclic) bond motifs is 3. The highest BCUT2D eigenvalue weighted by molar-refractivity contribution is 7.92. The second-order valence-electron chi connectivity index (χ2n) is 7.68. The molecule has 1 aromatic heterocycles. The average molecular weight is 472 g/mol. The number of nitrogens with zero attached hydrogens (tertiary/aromatic N) is 1. The molecule has 1 heterocycles. The first-order valence-electron chi connectivity index (χ1n) is 10.8. The quantitative estimate of drug-likeness (QED) is 0.224. The third-order valence-electron chi connectivity index (χ3n) is 5.57.